The van der Waals surface area contributed by atoms with Crippen LogP contribution in [0.1, 0.15) is 27.7 Å². The molecule has 0 aliphatic carbocycles. The molecule has 2 aromatic rings. The van der Waals surface area contributed by atoms with E-state index in [4.69, 9.17) is 9.47 Å². The minimum absolute atomic E-state index is 0.0584. The summed E-state index contributed by atoms with van der Waals surface area (Å²) >= 11 is 1.07. The molecule has 2 saturated heterocycles. The molecule has 2 aromatic heterocycles. The summed E-state index contributed by atoms with van der Waals surface area (Å²) in [4.78, 5) is 12.1. The highest BCUT2D eigenvalue weighted by atomic mass is 32.2. The molecule has 0 saturated carbocycles. The Morgan fingerprint density at radius 2 is 1.83 bits per heavy atom. The van der Waals surface area contributed by atoms with Gasteiger partial charge in [0.15, 0.2) is 0 Å². The summed E-state index contributed by atoms with van der Waals surface area (Å²) in [5.41, 5.74) is 0.177. The van der Waals surface area contributed by atoms with Crippen molar-refractivity contribution in [1.29, 1.82) is 0 Å². The van der Waals surface area contributed by atoms with E-state index in [1.165, 1.54) is 17.2 Å². The Labute approximate surface area is 212 Å². The van der Waals surface area contributed by atoms with E-state index in [9.17, 15) is 17.6 Å². The maximum absolute atomic E-state index is 14.3. The first-order valence-corrected chi connectivity index (χ1v) is 12.6. The summed E-state index contributed by atoms with van der Waals surface area (Å²) in [6, 6.07) is 3.00. The van der Waals surface area contributed by atoms with Gasteiger partial charge in [-0.05, 0) is 45.7 Å². The highest BCUT2D eigenvalue weighted by Crippen LogP contribution is 2.37. The van der Waals surface area contributed by atoms with Gasteiger partial charge in [-0.25, -0.2) is 8.70 Å². The number of piperazine rings is 1. The summed E-state index contributed by atoms with van der Waals surface area (Å²) in [5.74, 6) is -0.0437. The highest BCUT2D eigenvalue weighted by molar-refractivity contribution is 7.97. The fraction of sp³-hybridized carbons (Fsp3) is 0.583. The van der Waals surface area contributed by atoms with Crippen molar-refractivity contribution in [2.24, 2.45) is 0 Å². The van der Waals surface area contributed by atoms with Crippen molar-refractivity contribution in [3.05, 3.63) is 36.4 Å². The monoisotopic (exact) mass is 529 g/mol. The second-order valence-corrected chi connectivity index (χ2v) is 11.1. The van der Waals surface area contributed by atoms with Gasteiger partial charge in [-0.1, -0.05) is 0 Å². The Kier molecular flexibility index (Phi) is 7.86. The van der Waals surface area contributed by atoms with E-state index in [0.717, 1.165) is 23.8 Å². The van der Waals surface area contributed by atoms with Crippen molar-refractivity contribution in [3.63, 3.8) is 0 Å². The van der Waals surface area contributed by atoms with Crippen molar-refractivity contribution >= 4 is 23.5 Å². The van der Waals surface area contributed by atoms with Gasteiger partial charge < -0.3 is 19.3 Å². The van der Waals surface area contributed by atoms with Crippen LogP contribution >= 0.6 is 11.9 Å². The number of morpholine rings is 1. The summed E-state index contributed by atoms with van der Waals surface area (Å²) in [5, 5.41) is 0. The normalized spacial score (nSPS) is 22.1. The quantitative estimate of drug-likeness (QED) is 0.405. The van der Waals surface area contributed by atoms with Crippen LogP contribution < -0.4 is 14.5 Å². The average molecular weight is 530 g/mol. The molecule has 2 aliphatic heterocycles. The number of pyridine rings is 2. The van der Waals surface area contributed by atoms with E-state index < -0.39 is 23.6 Å². The third-order valence-electron chi connectivity index (χ3n) is 5.81. The van der Waals surface area contributed by atoms with Crippen LogP contribution in [-0.2, 0) is 4.74 Å². The second-order valence-electron chi connectivity index (χ2n) is 9.92. The van der Waals surface area contributed by atoms with Gasteiger partial charge in [0, 0.05) is 61.1 Å². The third kappa shape index (κ3) is 6.71. The first-order valence-electron chi connectivity index (χ1n) is 11.8. The smallest absolute Gasteiger partial charge is 0.410 e. The lowest BCUT2D eigenvalue weighted by Crippen LogP contribution is -2.58. The van der Waals surface area contributed by atoms with Crippen LogP contribution in [0.15, 0.2) is 35.5 Å². The fourth-order valence-corrected chi connectivity index (χ4v) is 5.21. The van der Waals surface area contributed by atoms with E-state index in [1.807, 2.05) is 27.7 Å². The van der Waals surface area contributed by atoms with Gasteiger partial charge in [-0.3, -0.25) is 4.98 Å². The minimum Gasteiger partial charge on any atom is -0.472 e. The molecule has 2 atom stereocenters. The highest BCUT2D eigenvalue weighted by Gasteiger charge is 2.47. The maximum Gasteiger partial charge on any atom is 0.410 e. The molecular weight excluding hydrogens is 498 g/mol. The van der Waals surface area contributed by atoms with Gasteiger partial charge in [0.2, 0.25) is 5.88 Å². The van der Waals surface area contributed by atoms with Gasteiger partial charge in [-0.15, -0.1) is 0 Å². The standard InChI is InChI=1S/C24H31F4N5O2S/c1-16-15-34-8-7-32(16)18-10-21(30-22(11-18)35-23(2,3)4)33-6-5-31(14-20(33)24(26,27)28)36-19-9-17(25)12-29-13-19/h9-13,16,20H,5-8,14-15H2,1-4H3. The first-order chi connectivity index (χ1) is 16.9. The van der Waals surface area contributed by atoms with E-state index in [2.05, 4.69) is 14.9 Å². The molecule has 12 heteroatoms. The number of nitrogens with zero attached hydrogens (tertiary/aromatic N) is 5. The average Bonchev–Trinajstić information content (AvgIpc) is 2.77. The minimum atomic E-state index is -4.51. The molecule has 0 N–H and O–H groups in total. The van der Waals surface area contributed by atoms with Crippen LogP contribution in [0.3, 0.4) is 0 Å². The molecule has 4 heterocycles. The van der Waals surface area contributed by atoms with Crippen molar-refractivity contribution in [3.8, 4) is 5.88 Å². The van der Waals surface area contributed by atoms with Crippen molar-refractivity contribution in [2.75, 3.05) is 49.2 Å². The Hall–Kier alpha value is -2.31. The molecular formula is C24H31F4N5O2S. The topological polar surface area (TPSA) is 54.0 Å². The summed E-state index contributed by atoms with van der Waals surface area (Å²) in [6.07, 6.45) is -2.01. The number of hydrogen-bond acceptors (Lipinski definition) is 8. The molecule has 0 spiro atoms. The number of aromatic nitrogens is 2. The summed E-state index contributed by atoms with van der Waals surface area (Å²) in [6.45, 7) is 9.41. The van der Waals surface area contributed by atoms with Crippen LogP contribution in [-0.4, -0.2) is 77.5 Å². The Balaban J connectivity index is 1.64. The zero-order valence-electron chi connectivity index (χ0n) is 20.8. The fourth-order valence-electron chi connectivity index (χ4n) is 4.25. The maximum atomic E-state index is 14.3. The predicted molar refractivity (Wildman–Crippen MR) is 131 cm³/mol. The van der Waals surface area contributed by atoms with Crippen LogP contribution in [0.4, 0.5) is 29.1 Å². The lowest BCUT2D eigenvalue weighted by atomic mass is 10.1. The van der Waals surface area contributed by atoms with E-state index in [1.54, 1.807) is 16.4 Å². The van der Waals surface area contributed by atoms with E-state index in [0.29, 0.717) is 31.2 Å². The lowest BCUT2D eigenvalue weighted by Gasteiger charge is -2.42. The predicted octanol–water partition coefficient (Wildman–Crippen LogP) is 4.78. The number of hydrogen-bond donors (Lipinski definition) is 0. The lowest BCUT2D eigenvalue weighted by molar-refractivity contribution is -0.153. The first kappa shape index (κ1) is 26.7. The zero-order valence-corrected chi connectivity index (χ0v) is 21.6. The van der Waals surface area contributed by atoms with Crippen LogP contribution in [0.5, 0.6) is 5.88 Å². The zero-order chi connectivity index (χ0) is 26.1. The third-order valence-corrected chi connectivity index (χ3v) is 6.84. The molecule has 2 aliphatic rings. The molecule has 2 fully saturated rings. The Bertz CT molecular complexity index is 1050. The number of alkyl halides is 3. The number of anilines is 2. The SMILES string of the molecule is CC1COCCN1c1cc(OC(C)(C)C)nc(N2CCN(Sc3cncc(F)c3)CC2C(F)(F)F)c1. The van der Waals surface area contributed by atoms with Gasteiger partial charge >= 0.3 is 6.18 Å². The second kappa shape index (κ2) is 10.6. The van der Waals surface area contributed by atoms with E-state index in [-0.39, 0.29) is 30.8 Å². The van der Waals surface area contributed by atoms with Gasteiger partial charge in [0.05, 0.1) is 19.4 Å². The molecule has 0 amide bonds. The molecule has 0 bridgehead atoms. The van der Waals surface area contributed by atoms with Gasteiger partial charge in [0.1, 0.15) is 23.3 Å². The van der Waals surface area contributed by atoms with Crippen LogP contribution in [0, 0.1) is 5.82 Å². The Morgan fingerprint density at radius 1 is 1.06 bits per heavy atom. The molecule has 36 heavy (non-hydrogen) atoms. The Morgan fingerprint density at radius 3 is 2.50 bits per heavy atom. The number of halogens is 4. The number of ether oxygens (including phenoxy) is 2. The molecule has 0 radical (unpaired) electrons. The molecule has 4 rings (SSSR count). The largest absolute Gasteiger partial charge is 0.472 e. The van der Waals surface area contributed by atoms with Crippen LogP contribution in [0.25, 0.3) is 0 Å². The van der Waals surface area contributed by atoms with Crippen molar-refractivity contribution < 1.29 is 27.0 Å². The molecule has 198 valence electrons. The van der Waals surface area contributed by atoms with Crippen molar-refractivity contribution in [2.45, 2.75) is 56.5 Å². The summed E-state index contributed by atoms with van der Waals surface area (Å²) in [7, 11) is 0. The molecule has 0 aromatic carbocycles. The van der Waals surface area contributed by atoms with Crippen molar-refractivity contribution in [1.82, 2.24) is 14.3 Å². The molecule has 2 unspecified atom stereocenters. The number of rotatable bonds is 5. The summed E-state index contributed by atoms with van der Waals surface area (Å²) < 4.78 is 69.6. The van der Waals surface area contributed by atoms with Gasteiger partial charge in [0.25, 0.3) is 0 Å². The van der Waals surface area contributed by atoms with E-state index >= 15 is 0 Å². The van der Waals surface area contributed by atoms with Crippen LogP contribution in [0.2, 0.25) is 0 Å². The van der Waals surface area contributed by atoms with Gasteiger partial charge in [-0.2, -0.15) is 18.2 Å². The molecule has 7 nitrogen and oxygen atoms in total.